The molecule has 1 N–H and O–H groups in total. The second-order valence-corrected chi connectivity index (χ2v) is 4.25. The van der Waals surface area contributed by atoms with E-state index in [9.17, 15) is 14.9 Å². The van der Waals surface area contributed by atoms with E-state index in [0.29, 0.717) is 18.7 Å². The van der Waals surface area contributed by atoms with Gasteiger partial charge in [0.15, 0.2) is 0 Å². The third-order valence-corrected chi connectivity index (χ3v) is 2.73. The standard InChI is InChI=1S/C12H10ClN3O4/c13-11-6-9(10(7-15-11)16(18)19)12(17)14-4-3-8-2-1-5-20-8/h1-2,5-7H,3-4H2,(H,14,17). The second kappa shape index (κ2) is 6.16. The predicted molar refractivity (Wildman–Crippen MR) is 70.6 cm³/mol. The predicted octanol–water partition coefficient (Wildman–Crippen LogP) is 2.21. The van der Waals surface area contributed by atoms with Crippen LogP contribution in [0.1, 0.15) is 16.1 Å². The molecular weight excluding hydrogens is 286 g/mol. The second-order valence-electron chi connectivity index (χ2n) is 3.87. The molecule has 0 spiro atoms. The molecule has 0 aliphatic rings. The van der Waals surface area contributed by atoms with Gasteiger partial charge in [-0.2, -0.15) is 0 Å². The number of nitro groups is 1. The molecule has 2 aromatic rings. The van der Waals surface area contributed by atoms with Crippen molar-refractivity contribution in [1.82, 2.24) is 10.3 Å². The van der Waals surface area contributed by atoms with Gasteiger partial charge in [-0.25, -0.2) is 4.98 Å². The van der Waals surface area contributed by atoms with Crippen molar-refractivity contribution in [2.24, 2.45) is 0 Å². The van der Waals surface area contributed by atoms with Crippen LogP contribution in [0.15, 0.2) is 35.1 Å². The molecule has 0 bridgehead atoms. The number of pyridine rings is 1. The molecule has 0 aliphatic heterocycles. The van der Waals surface area contributed by atoms with Crippen LogP contribution in [0.3, 0.4) is 0 Å². The van der Waals surface area contributed by atoms with Crippen molar-refractivity contribution < 1.29 is 14.1 Å². The highest BCUT2D eigenvalue weighted by atomic mass is 35.5. The zero-order chi connectivity index (χ0) is 14.5. The van der Waals surface area contributed by atoms with Crippen molar-refractivity contribution in [3.05, 3.63) is 57.3 Å². The topological polar surface area (TPSA) is 98.3 Å². The van der Waals surface area contributed by atoms with E-state index in [-0.39, 0.29) is 16.4 Å². The molecule has 7 nitrogen and oxygen atoms in total. The van der Waals surface area contributed by atoms with Gasteiger partial charge in [0.2, 0.25) is 0 Å². The van der Waals surface area contributed by atoms with Crippen LogP contribution in [-0.2, 0) is 6.42 Å². The van der Waals surface area contributed by atoms with E-state index >= 15 is 0 Å². The fourth-order valence-electron chi connectivity index (χ4n) is 1.60. The Morgan fingerprint density at radius 3 is 3.00 bits per heavy atom. The lowest BCUT2D eigenvalue weighted by molar-refractivity contribution is -0.385. The van der Waals surface area contributed by atoms with Crippen LogP contribution in [0.25, 0.3) is 0 Å². The third kappa shape index (κ3) is 3.33. The lowest BCUT2D eigenvalue weighted by Gasteiger charge is -2.05. The molecule has 2 heterocycles. The molecule has 1 amide bonds. The third-order valence-electron chi connectivity index (χ3n) is 2.53. The van der Waals surface area contributed by atoms with E-state index in [0.717, 1.165) is 6.20 Å². The summed E-state index contributed by atoms with van der Waals surface area (Å²) in [5.41, 5.74) is -0.501. The van der Waals surface area contributed by atoms with Crippen molar-refractivity contribution in [1.29, 1.82) is 0 Å². The Balaban J connectivity index is 2.05. The first-order valence-electron chi connectivity index (χ1n) is 5.68. The molecule has 0 saturated carbocycles. The number of aromatic nitrogens is 1. The zero-order valence-corrected chi connectivity index (χ0v) is 11.0. The van der Waals surface area contributed by atoms with Gasteiger partial charge in [0, 0.05) is 13.0 Å². The summed E-state index contributed by atoms with van der Waals surface area (Å²) in [6.07, 6.45) is 2.99. The summed E-state index contributed by atoms with van der Waals surface area (Å²) in [7, 11) is 0. The summed E-state index contributed by atoms with van der Waals surface area (Å²) in [6.45, 7) is 0.295. The van der Waals surface area contributed by atoms with Crippen molar-refractivity contribution >= 4 is 23.2 Å². The molecule has 0 aliphatic carbocycles. The Bertz CT molecular complexity index is 628. The van der Waals surface area contributed by atoms with Crippen LogP contribution in [0, 0.1) is 10.1 Å². The van der Waals surface area contributed by atoms with Gasteiger partial charge >= 0.3 is 0 Å². The quantitative estimate of drug-likeness (QED) is 0.518. The molecule has 2 aromatic heterocycles. The summed E-state index contributed by atoms with van der Waals surface area (Å²) >= 11 is 5.65. The molecule has 0 fully saturated rings. The van der Waals surface area contributed by atoms with Crippen LogP contribution in [0.2, 0.25) is 5.15 Å². The van der Waals surface area contributed by atoms with Crippen molar-refractivity contribution in [2.45, 2.75) is 6.42 Å². The van der Waals surface area contributed by atoms with Crippen LogP contribution in [0.4, 0.5) is 5.69 Å². The summed E-state index contributed by atoms with van der Waals surface area (Å²) in [4.78, 5) is 25.7. The number of hydrogen-bond donors (Lipinski definition) is 1. The average molecular weight is 296 g/mol. The van der Waals surface area contributed by atoms with E-state index in [1.54, 1.807) is 12.1 Å². The Morgan fingerprint density at radius 1 is 1.55 bits per heavy atom. The average Bonchev–Trinajstić information content (AvgIpc) is 2.91. The largest absolute Gasteiger partial charge is 0.469 e. The molecule has 2 rings (SSSR count). The number of nitrogens with one attached hydrogen (secondary N) is 1. The maximum Gasteiger partial charge on any atom is 0.300 e. The molecule has 0 aromatic carbocycles. The van der Waals surface area contributed by atoms with Gasteiger partial charge in [-0.15, -0.1) is 0 Å². The SMILES string of the molecule is O=C(NCCc1ccco1)c1cc(Cl)ncc1[N+](=O)[O-]. The number of amides is 1. The molecule has 104 valence electrons. The summed E-state index contributed by atoms with van der Waals surface area (Å²) in [5.74, 6) is 0.139. The summed E-state index contributed by atoms with van der Waals surface area (Å²) < 4.78 is 5.11. The van der Waals surface area contributed by atoms with E-state index in [1.807, 2.05) is 0 Å². The van der Waals surface area contributed by atoms with Crippen molar-refractivity contribution in [2.75, 3.05) is 6.54 Å². The maximum absolute atomic E-state index is 11.9. The van der Waals surface area contributed by atoms with Gasteiger partial charge in [0.25, 0.3) is 11.6 Å². The maximum atomic E-state index is 11.9. The Labute approximate surface area is 118 Å². The van der Waals surface area contributed by atoms with Crippen molar-refractivity contribution in [3.8, 4) is 0 Å². The number of carbonyl (C=O) groups is 1. The molecule has 8 heteroatoms. The number of nitrogens with zero attached hydrogens (tertiary/aromatic N) is 2. The van der Waals surface area contributed by atoms with Crippen LogP contribution in [-0.4, -0.2) is 22.4 Å². The van der Waals surface area contributed by atoms with E-state index in [1.165, 1.54) is 12.3 Å². The minimum atomic E-state index is -0.676. The van der Waals surface area contributed by atoms with Crippen LogP contribution >= 0.6 is 11.6 Å². The number of halogens is 1. The van der Waals surface area contributed by atoms with Gasteiger partial charge < -0.3 is 9.73 Å². The minimum absolute atomic E-state index is 0.0202. The van der Waals surface area contributed by atoms with Gasteiger partial charge in [-0.1, -0.05) is 11.6 Å². The molecule has 0 atom stereocenters. The molecule has 20 heavy (non-hydrogen) atoms. The highest BCUT2D eigenvalue weighted by Gasteiger charge is 2.21. The van der Waals surface area contributed by atoms with Gasteiger partial charge in [0.1, 0.15) is 22.7 Å². The van der Waals surface area contributed by atoms with Crippen molar-refractivity contribution in [3.63, 3.8) is 0 Å². The van der Waals surface area contributed by atoms with E-state index in [4.69, 9.17) is 16.0 Å². The fourth-order valence-corrected chi connectivity index (χ4v) is 1.76. The molecule has 0 unspecified atom stereocenters. The number of hydrogen-bond acceptors (Lipinski definition) is 5. The summed E-state index contributed by atoms with van der Waals surface area (Å²) in [6, 6.07) is 4.68. The van der Waals surface area contributed by atoms with Gasteiger partial charge in [-0.3, -0.25) is 14.9 Å². The zero-order valence-electron chi connectivity index (χ0n) is 10.2. The Morgan fingerprint density at radius 2 is 2.35 bits per heavy atom. The van der Waals surface area contributed by atoms with Crippen LogP contribution in [0.5, 0.6) is 0 Å². The number of rotatable bonds is 5. The highest BCUT2D eigenvalue weighted by molar-refractivity contribution is 6.29. The first-order valence-corrected chi connectivity index (χ1v) is 6.06. The number of carbonyl (C=O) groups excluding carboxylic acids is 1. The lowest BCUT2D eigenvalue weighted by Crippen LogP contribution is -2.26. The van der Waals surface area contributed by atoms with Gasteiger partial charge in [0.05, 0.1) is 11.2 Å². The Kier molecular flexibility index (Phi) is 4.31. The molecular formula is C12H10ClN3O4. The molecule has 0 saturated heterocycles. The Hall–Kier alpha value is -2.41. The smallest absolute Gasteiger partial charge is 0.300 e. The van der Waals surface area contributed by atoms with E-state index < -0.39 is 10.8 Å². The first-order chi connectivity index (χ1) is 9.58. The van der Waals surface area contributed by atoms with E-state index in [2.05, 4.69) is 10.3 Å². The monoisotopic (exact) mass is 295 g/mol. The lowest BCUT2D eigenvalue weighted by atomic mass is 10.2. The normalized spacial score (nSPS) is 10.2. The summed E-state index contributed by atoms with van der Waals surface area (Å²) in [5, 5.41) is 13.4. The fraction of sp³-hybridized carbons (Fsp3) is 0.167. The molecule has 0 radical (unpaired) electrons. The number of furan rings is 1. The van der Waals surface area contributed by atoms with Gasteiger partial charge in [-0.05, 0) is 18.2 Å². The minimum Gasteiger partial charge on any atom is -0.469 e. The highest BCUT2D eigenvalue weighted by Crippen LogP contribution is 2.20. The van der Waals surface area contributed by atoms with Crippen LogP contribution < -0.4 is 5.32 Å². The first kappa shape index (κ1) is 14.0.